The zero-order valence-corrected chi connectivity index (χ0v) is 12.0. The molecule has 1 aliphatic heterocycles. The fraction of sp³-hybridized carbons (Fsp3) is 0.692. The molecule has 100 valence electrons. The zero-order valence-electron chi connectivity index (χ0n) is 11.2. The molecule has 0 bridgehead atoms. The van der Waals surface area contributed by atoms with Crippen molar-refractivity contribution in [3.63, 3.8) is 0 Å². The van der Waals surface area contributed by atoms with E-state index in [4.69, 9.17) is 0 Å². The lowest BCUT2D eigenvalue weighted by Gasteiger charge is -2.16. The maximum atomic E-state index is 11.2. The number of esters is 1. The van der Waals surface area contributed by atoms with Gasteiger partial charge in [0, 0.05) is 18.5 Å². The molecule has 1 unspecified atom stereocenters. The molecule has 2 heterocycles. The van der Waals surface area contributed by atoms with Crippen LogP contribution < -0.4 is 4.90 Å². The number of nitrogens with zero attached hydrogens (tertiary/aromatic N) is 2. The largest absolute Gasteiger partial charge is 0.469 e. The number of hydrogen-bond acceptors (Lipinski definition) is 5. The molecule has 2 rings (SSSR count). The third kappa shape index (κ3) is 3.02. The Morgan fingerprint density at radius 2 is 2.44 bits per heavy atom. The molecule has 0 N–H and O–H groups in total. The molecule has 18 heavy (non-hydrogen) atoms. The second-order valence-corrected chi connectivity index (χ2v) is 5.95. The highest BCUT2D eigenvalue weighted by Gasteiger charge is 2.26. The van der Waals surface area contributed by atoms with Crippen LogP contribution in [0.25, 0.3) is 0 Å². The van der Waals surface area contributed by atoms with Gasteiger partial charge in [0.15, 0.2) is 5.13 Å². The Hall–Kier alpha value is -1.10. The van der Waals surface area contributed by atoms with Gasteiger partial charge in [0.1, 0.15) is 0 Å². The smallest absolute Gasteiger partial charge is 0.311 e. The molecule has 1 saturated heterocycles. The molecule has 0 aromatic carbocycles. The Bertz CT molecular complexity index is 417. The van der Waals surface area contributed by atoms with Crippen molar-refractivity contribution >= 4 is 22.4 Å². The van der Waals surface area contributed by atoms with Crippen molar-refractivity contribution in [2.24, 2.45) is 11.8 Å². The summed E-state index contributed by atoms with van der Waals surface area (Å²) in [6, 6.07) is 0. The Kier molecular flexibility index (Phi) is 4.22. The van der Waals surface area contributed by atoms with Crippen LogP contribution in [-0.2, 0) is 16.0 Å². The van der Waals surface area contributed by atoms with Gasteiger partial charge in [-0.3, -0.25) is 4.79 Å². The predicted octanol–water partition coefficient (Wildman–Crippen LogP) is 2.34. The van der Waals surface area contributed by atoms with Crippen molar-refractivity contribution in [1.29, 1.82) is 0 Å². The van der Waals surface area contributed by atoms with Gasteiger partial charge in [0.05, 0.1) is 19.2 Å². The number of methoxy groups -OCH3 is 1. The summed E-state index contributed by atoms with van der Waals surface area (Å²) in [5.41, 5.74) is 0.815. The molecule has 1 fully saturated rings. The lowest BCUT2D eigenvalue weighted by molar-refractivity contribution is -0.139. The van der Waals surface area contributed by atoms with Crippen LogP contribution >= 0.6 is 11.3 Å². The van der Waals surface area contributed by atoms with Gasteiger partial charge in [-0.1, -0.05) is 13.8 Å². The third-order valence-electron chi connectivity index (χ3n) is 3.53. The number of aromatic nitrogens is 1. The maximum Gasteiger partial charge on any atom is 0.311 e. The van der Waals surface area contributed by atoms with Crippen LogP contribution in [0.3, 0.4) is 0 Å². The average molecular weight is 268 g/mol. The number of carbonyl (C=O) groups excluding carboxylic acids is 1. The Labute approximate surface area is 112 Å². The van der Waals surface area contributed by atoms with Gasteiger partial charge in [-0.05, 0) is 18.3 Å². The summed E-state index contributed by atoms with van der Waals surface area (Å²) in [5.74, 6) is 1.26. The van der Waals surface area contributed by atoms with E-state index in [9.17, 15) is 4.79 Å². The SMILES string of the molecule is COC(=O)Cc1csc(N2CCC(C(C)C)C2)n1. The minimum Gasteiger partial charge on any atom is -0.469 e. The number of anilines is 1. The second kappa shape index (κ2) is 5.69. The fourth-order valence-electron chi connectivity index (χ4n) is 2.25. The van der Waals surface area contributed by atoms with E-state index in [0.717, 1.165) is 35.8 Å². The van der Waals surface area contributed by atoms with Crippen LogP contribution in [0.4, 0.5) is 5.13 Å². The van der Waals surface area contributed by atoms with Crippen LogP contribution in [0.5, 0.6) is 0 Å². The van der Waals surface area contributed by atoms with Crippen LogP contribution in [0.1, 0.15) is 26.0 Å². The van der Waals surface area contributed by atoms with E-state index in [1.165, 1.54) is 13.5 Å². The Morgan fingerprint density at radius 3 is 3.06 bits per heavy atom. The normalized spacial score (nSPS) is 19.6. The van der Waals surface area contributed by atoms with E-state index in [0.29, 0.717) is 0 Å². The first-order valence-corrected chi connectivity index (χ1v) is 7.24. The quantitative estimate of drug-likeness (QED) is 0.786. The number of rotatable bonds is 4. The number of ether oxygens (including phenoxy) is 1. The first-order chi connectivity index (χ1) is 8.60. The van der Waals surface area contributed by atoms with E-state index in [1.54, 1.807) is 11.3 Å². The average Bonchev–Trinajstić information content (AvgIpc) is 2.96. The summed E-state index contributed by atoms with van der Waals surface area (Å²) < 4.78 is 4.65. The van der Waals surface area contributed by atoms with Crippen molar-refractivity contribution in [1.82, 2.24) is 4.98 Å². The predicted molar refractivity (Wildman–Crippen MR) is 73.0 cm³/mol. The van der Waals surface area contributed by atoms with E-state index in [2.05, 4.69) is 28.5 Å². The Balaban J connectivity index is 1.96. The standard InChI is InChI=1S/C13H20N2O2S/c1-9(2)10-4-5-15(7-10)13-14-11(8-18-13)6-12(16)17-3/h8-10H,4-7H2,1-3H3. The number of hydrogen-bond donors (Lipinski definition) is 0. The van der Waals surface area contributed by atoms with Crippen LogP contribution in [0.15, 0.2) is 5.38 Å². The lowest BCUT2D eigenvalue weighted by atomic mass is 9.95. The first kappa shape index (κ1) is 13.3. The molecule has 0 radical (unpaired) electrons. The van der Waals surface area contributed by atoms with Crippen molar-refractivity contribution in [2.45, 2.75) is 26.7 Å². The molecular weight excluding hydrogens is 248 g/mol. The summed E-state index contributed by atoms with van der Waals surface area (Å²) in [6.07, 6.45) is 1.51. The van der Waals surface area contributed by atoms with Gasteiger partial charge in [-0.25, -0.2) is 4.98 Å². The van der Waals surface area contributed by atoms with Crippen molar-refractivity contribution in [3.8, 4) is 0 Å². The third-order valence-corrected chi connectivity index (χ3v) is 4.48. The molecule has 1 aromatic heterocycles. The highest BCUT2D eigenvalue weighted by molar-refractivity contribution is 7.13. The fourth-order valence-corrected chi connectivity index (χ4v) is 3.11. The molecule has 5 heteroatoms. The first-order valence-electron chi connectivity index (χ1n) is 6.36. The number of carbonyl (C=O) groups is 1. The Morgan fingerprint density at radius 1 is 1.67 bits per heavy atom. The summed E-state index contributed by atoms with van der Waals surface area (Å²) >= 11 is 1.62. The van der Waals surface area contributed by atoms with Crippen LogP contribution in [0, 0.1) is 11.8 Å². The maximum absolute atomic E-state index is 11.2. The van der Waals surface area contributed by atoms with Crippen LogP contribution in [0.2, 0.25) is 0 Å². The minimum atomic E-state index is -0.228. The highest BCUT2D eigenvalue weighted by Crippen LogP contribution is 2.30. The molecule has 4 nitrogen and oxygen atoms in total. The molecule has 0 amide bonds. The molecule has 0 aliphatic carbocycles. The van der Waals surface area contributed by atoms with E-state index in [-0.39, 0.29) is 12.4 Å². The van der Waals surface area contributed by atoms with Crippen molar-refractivity contribution in [3.05, 3.63) is 11.1 Å². The summed E-state index contributed by atoms with van der Waals surface area (Å²) in [4.78, 5) is 18.0. The van der Waals surface area contributed by atoms with Gasteiger partial charge >= 0.3 is 5.97 Å². The topological polar surface area (TPSA) is 42.4 Å². The van der Waals surface area contributed by atoms with Crippen molar-refractivity contribution in [2.75, 3.05) is 25.1 Å². The van der Waals surface area contributed by atoms with Crippen LogP contribution in [-0.4, -0.2) is 31.2 Å². The van der Waals surface area contributed by atoms with Gasteiger partial charge in [-0.15, -0.1) is 11.3 Å². The molecule has 1 aromatic rings. The van der Waals surface area contributed by atoms with E-state index in [1.807, 2.05) is 5.38 Å². The lowest BCUT2D eigenvalue weighted by Crippen LogP contribution is -2.21. The second-order valence-electron chi connectivity index (χ2n) is 5.11. The molecular formula is C13H20N2O2S. The van der Waals surface area contributed by atoms with Gasteiger partial charge < -0.3 is 9.64 Å². The highest BCUT2D eigenvalue weighted by atomic mass is 32.1. The molecule has 1 aliphatic rings. The zero-order chi connectivity index (χ0) is 13.1. The summed E-state index contributed by atoms with van der Waals surface area (Å²) in [7, 11) is 1.41. The van der Waals surface area contributed by atoms with Crippen molar-refractivity contribution < 1.29 is 9.53 Å². The number of thiazole rings is 1. The van der Waals surface area contributed by atoms with Gasteiger partial charge in [-0.2, -0.15) is 0 Å². The summed E-state index contributed by atoms with van der Waals surface area (Å²) in [6.45, 7) is 6.72. The molecule has 0 spiro atoms. The van der Waals surface area contributed by atoms with Gasteiger partial charge in [0.2, 0.25) is 0 Å². The van der Waals surface area contributed by atoms with E-state index < -0.39 is 0 Å². The molecule has 0 saturated carbocycles. The minimum absolute atomic E-state index is 0.228. The monoisotopic (exact) mass is 268 g/mol. The van der Waals surface area contributed by atoms with E-state index >= 15 is 0 Å². The molecule has 1 atom stereocenters. The van der Waals surface area contributed by atoms with Gasteiger partial charge in [0.25, 0.3) is 0 Å². The summed E-state index contributed by atoms with van der Waals surface area (Å²) in [5, 5.41) is 2.99.